The van der Waals surface area contributed by atoms with E-state index in [0.29, 0.717) is 19.5 Å². The van der Waals surface area contributed by atoms with Crippen LogP contribution >= 0.6 is 0 Å². The molecule has 8 heteroatoms. The van der Waals surface area contributed by atoms with Crippen LogP contribution in [0.1, 0.15) is 31.4 Å². The van der Waals surface area contributed by atoms with Gasteiger partial charge < -0.3 is 9.80 Å². The van der Waals surface area contributed by atoms with Crippen molar-refractivity contribution in [3.05, 3.63) is 18.0 Å². The van der Waals surface area contributed by atoms with Crippen LogP contribution in [0.5, 0.6) is 0 Å². The van der Waals surface area contributed by atoms with E-state index < -0.39 is 11.9 Å². The molecule has 0 unspecified atom stereocenters. The van der Waals surface area contributed by atoms with Crippen LogP contribution in [0.25, 0.3) is 0 Å². The quantitative estimate of drug-likeness (QED) is 0.796. The number of carbonyl (C=O) groups is 1. The van der Waals surface area contributed by atoms with Crippen molar-refractivity contribution in [2.75, 3.05) is 25.0 Å². The molecular formula is C14H17F3N4O. The van der Waals surface area contributed by atoms with Crippen molar-refractivity contribution >= 4 is 11.9 Å². The van der Waals surface area contributed by atoms with Crippen molar-refractivity contribution < 1.29 is 18.0 Å². The van der Waals surface area contributed by atoms with E-state index >= 15 is 0 Å². The van der Waals surface area contributed by atoms with Crippen LogP contribution in [0.3, 0.4) is 0 Å². The van der Waals surface area contributed by atoms with E-state index in [4.69, 9.17) is 0 Å². The van der Waals surface area contributed by atoms with E-state index in [1.54, 1.807) is 16.8 Å². The van der Waals surface area contributed by atoms with Crippen LogP contribution in [0, 0.1) is 0 Å². The number of nitrogens with zero attached hydrogens (tertiary/aromatic N) is 4. The predicted octanol–water partition coefficient (Wildman–Crippen LogP) is 2.09. The van der Waals surface area contributed by atoms with Crippen molar-refractivity contribution in [1.29, 1.82) is 0 Å². The highest BCUT2D eigenvalue weighted by atomic mass is 19.4. The van der Waals surface area contributed by atoms with Crippen LogP contribution in [-0.4, -0.2) is 46.5 Å². The van der Waals surface area contributed by atoms with Gasteiger partial charge in [0.05, 0.1) is 5.54 Å². The summed E-state index contributed by atoms with van der Waals surface area (Å²) in [6, 6.07) is 0.869. The predicted molar refractivity (Wildman–Crippen MR) is 73.2 cm³/mol. The van der Waals surface area contributed by atoms with Crippen LogP contribution < -0.4 is 4.90 Å². The summed E-state index contributed by atoms with van der Waals surface area (Å²) in [5.41, 5.74) is -1.24. The molecule has 1 atom stereocenters. The summed E-state index contributed by atoms with van der Waals surface area (Å²) in [6.45, 7) is 1.08. The van der Waals surface area contributed by atoms with Gasteiger partial charge in [0.2, 0.25) is 11.9 Å². The number of rotatable bonds is 1. The molecule has 2 aliphatic heterocycles. The fraction of sp³-hybridized carbons (Fsp3) is 0.643. The molecule has 1 amide bonds. The van der Waals surface area contributed by atoms with E-state index in [1.807, 2.05) is 0 Å². The van der Waals surface area contributed by atoms with Gasteiger partial charge in [-0.2, -0.15) is 13.2 Å². The Morgan fingerprint density at radius 3 is 2.73 bits per heavy atom. The Balaban J connectivity index is 1.85. The third kappa shape index (κ3) is 2.50. The number of likely N-dealkylation sites (N-methyl/N-ethyl adjacent to an activating group) is 1. The molecule has 5 nitrogen and oxygen atoms in total. The number of likely N-dealkylation sites (tertiary alicyclic amines) is 1. The standard InChI is InChI=1S/C14H17F3N4O/c1-20-11(22)3-6-13(20)5-2-8-21(9-13)12-18-7-4-10(19-12)14(15,16)17/h4,7H,2-3,5-6,8-9H2,1H3/t13-/m1/s1. The van der Waals surface area contributed by atoms with Crippen molar-refractivity contribution in [1.82, 2.24) is 14.9 Å². The second-order valence-corrected chi connectivity index (χ2v) is 5.94. The molecule has 1 spiro atoms. The van der Waals surface area contributed by atoms with E-state index in [9.17, 15) is 18.0 Å². The number of anilines is 1. The molecule has 0 aliphatic carbocycles. The number of halogens is 3. The largest absolute Gasteiger partial charge is 0.433 e. The molecule has 120 valence electrons. The first-order valence-corrected chi connectivity index (χ1v) is 7.24. The lowest BCUT2D eigenvalue weighted by Gasteiger charge is -2.44. The smallest absolute Gasteiger partial charge is 0.338 e. The fourth-order valence-electron chi connectivity index (χ4n) is 3.36. The number of aromatic nitrogens is 2. The van der Waals surface area contributed by atoms with Crippen LogP contribution in [-0.2, 0) is 11.0 Å². The average molecular weight is 314 g/mol. The summed E-state index contributed by atoms with van der Waals surface area (Å²) in [6.07, 6.45) is -0.450. The minimum Gasteiger partial charge on any atom is -0.338 e. The number of piperidine rings is 1. The lowest BCUT2D eigenvalue weighted by molar-refractivity contribution is -0.141. The number of carbonyl (C=O) groups excluding carboxylic acids is 1. The summed E-state index contributed by atoms with van der Waals surface area (Å²) in [5.74, 6) is 0.174. The highest BCUT2D eigenvalue weighted by Gasteiger charge is 2.46. The summed E-state index contributed by atoms with van der Waals surface area (Å²) in [5, 5.41) is 0. The highest BCUT2D eigenvalue weighted by Crippen LogP contribution is 2.38. The van der Waals surface area contributed by atoms with Gasteiger partial charge in [-0.05, 0) is 25.3 Å². The first-order chi connectivity index (χ1) is 10.3. The van der Waals surface area contributed by atoms with Gasteiger partial charge in [-0.3, -0.25) is 4.79 Å². The topological polar surface area (TPSA) is 49.3 Å². The Kier molecular flexibility index (Phi) is 3.49. The van der Waals surface area contributed by atoms with Crippen molar-refractivity contribution in [3.8, 4) is 0 Å². The normalized spacial score (nSPS) is 26.1. The SMILES string of the molecule is CN1C(=O)CC[C@@]12CCCN(c1nccc(C(F)(F)F)n1)C2. The fourth-order valence-corrected chi connectivity index (χ4v) is 3.36. The maximum Gasteiger partial charge on any atom is 0.433 e. The summed E-state index contributed by atoms with van der Waals surface area (Å²) < 4.78 is 38.3. The summed E-state index contributed by atoms with van der Waals surface area (Å²) in [7, 11) is 1.77. The Morgan fingerprint density at radius 2 is 2.09 bits per heavy atom. The lowest BCUT2D eigenvalue weighted by Crippen LogP contribution is -2.55. The van der Waals surface area contributed by atoms with Gasteiger partial charge in [-0.15, -0.1) is 0 Å². The Morgan fingerprint density at radius 1 is 1.32 bits per heavy atom. The molecule has 1 aromatic heterocycles. The Hall–Kier alpha value is -1.86. The van der Waals surface area contributed by atoms with E-state index in [1.165, 1.54) is 0 Å². The molecule has 3 rings (SSSR count). The number of alkyl halides is 3. The highest BCUT2D eigenvalue weighted by molar-refractivity contribution is 5.79. The van der Waals surface area contributed by atoms with Crippen LogP contribution in [0.15, 0.2) is 12.3 Å². The molecule has 3 heterocycles. The van der Waals surface area contributed by atoms with Gasteiger partial charge in [0.15, 0.2) is 0 Å². The van der Waals surface area contributed by atoms with Gasteiger partial charge in [-0.25, -0.2) is 9.97 Å². The molecule has 22 heavy (non-hydrogen) atoms. The van der Waals surface area contributed by atoms with Crippen LogP contribution in [0.4, 0.5) is 19.1 Å². The number of hydrogen-bond acceptors (Lipinski definition) is 4. The lowest BCUT2D eigenvalue weighted by atomic mass is 9.87. The zero-order chi connectivity index (χ0) is 16.0. The zero-order valence-electron chi connectivity index (χ0n) is 12.2. The van der Waals surface area contributed by atoms with Crippen molar-refractivity contribution in [2.24, 2.45) is 0 Å². The van der Waals surface area contributed by atoms with Gasteiger partial charge in [0.25, 0.3) is 0 Å². The third-order valence-electron chi connectivity index (χ3n) is 4.66. The van der Waals surface area contributed by atoms with E-state index in [0.717, 1.165) is 31.5 Å². The first kappa shape index (κ1) is 15.1. The number of amides is 1. The summed E-state index contributed by atoms with van der Waals surface area (Å²) in [4.78, 5) is 22.9. The molecular weight excluding hydrogens is 297 g/mol. The molecule has 1 aromatic rings. The maximum absolute atomic E-state index is 12.8. The molecule has 0 radical (unpaired) electrons. The third-order valence-corrected chi connectivity index (χ3v) is 4.66. The molecule has 0 aromatic carbocycles. The second kappa shape index (κ2) is 5.10. The minimum absolute atomic E-state index is 0.0849. The molecule has 0 saturated carbocycles. The van der Waals surface area contributed by atoms with Gasteiger partial charge in [-0.1, -0.05) is 0 Å². The minimum atomic E-state index is -4.48. The van der Waals surface area contributed by atoms with Crippen molar-refractivity contribution in [3.63, 3.8) is 0 Å². The van der Waals surface area contributed by atoms with Crippen molar-refractivity contribution in [2.45, 2.75) is 37.4 Å². The molecule has 2 fully saturated rings. The Bertz CT molecular complexity index is 592. The Labute approximate surface area is 126 Å². The number of hydrogen-bond donors (Lipinski definition) is 0. The van der Waals surface area contributed by atoms with Gasteiger partial charge in [0, 0.05) is 32.8 Å². The molecule has 2 aliphatic rings. The van der Waals surface area contributed by atoms with Gasteiger partial charge >= 0.3 is 6.18 Å². The second-order valence-electron chi connectivity index (χ2n) is 5.94. The molecule has 0 N–H and O–H groups in total. The van der Waals surface area contributed by atoms with E-state index in [-0.39, 0.29) is 17.4 Å². The maximum atomic E-state index is 12.8. The first-order valence-electron chi connectivity index (χ1n) is 7.24. The van der Waals surface area contributed by atoms with Gasteiger partial charge in [0.1, 0.15) is 5.69 Å². The average Bonchev–Trinajstić information content (AvgIpc) is 2.76. The molecule has 0 bridgehead atoms. The zero-order valence-corrected chi connectivity index (χ0v) is 12.2. The summed E-state index contributed by atoms with van der Waals surface area (Å²) >= 11 is 0. The van der Waals surface area contributed by atoms with E-state index in [2.05, 4.69) is 9.97 Å². The van der Waals surface area contributed by atoms with Crippen LogP contribution in [0.2, 0.25) is 0 Å². The monoisotopic (exact) mass is 314 g/mol. The molecule has 2 saturated heterocycles.